The summed E-state index contributed by atoms with van der Waals surface area (Å²) in [4.78, 5) is 14.3. The Kier molecular flexibility index (Phi) is 6.68. The third-order valence-electron chi connectivity index (χ3n) is 4.80. The highest BCUT2D eigenvalue weighted by Crippen LogP contribution is 2.22. The predicted molar refractivity (Wildman–Crippen MR) is 108 cm³/mol. The number of ether oxygens (including phenoxy) is 1. The van der Waals surface area contributed by atoms with Gasteiger partial charge in [0.1, 0.15) is 0 Å². The van der Waals surface area contributed by atoms with E-state index in [1.807, 2.05) is 40.4 Å². The number of aromatic nitrogens is 3. The van der Waals surface area contributed by atoms with E-state index in [9.17, 15) is 4.79 Å². The van der Waals surface area contributed by atoms with E-state index >= 15 is 0 Å². The molecular formula is C19H25ClN4O2S. The van der Waals surface area contributed by atoms with Gasteiger partial charge in [-0.2, -0.15) is 5.10 Å². The number of rotatable bonds is 6. The first-order valence-corrected chi connectivity index (χ1v) is 10.1. The van der Waals surface area contributed by atoms with Gasteiger partial charge in [0.25, 0.3) is 0 Å². The minimum absolute atomic E-state index is 0.0723. The first-order valence-electron chi connectivity index (χ1n) is 9.36. The number of carbonyl (C=O) groups excluding carboxylic acids is 1. The molecule has 0 unspecified atom stereocenters. The number of hydrogen-bond acceptors (Lipinski definition) is 5. The maximum absolute atomic E-state index is 12.1. The average molecular weight is 409 g/mol. The summed E-state index contributed by atoms with van der Waals surface area (Å²) in [5.41, 5.74) is 0.981. The Morgan fingerprint density at radius 3 is 2.74 bits per heavy atom. The van der Waals surface area contributed by atoms with Gasteiger partial charge in [-0.3, -0.25) is 9.69 Å². The molecule has 0 saturated carbocycles. The molecule has 0 bridgehead atoms. The minimum atomic E-state index is -0.105. The van der Waals surface area contributed by atoms with E-state index in [2.05, 4.69) is 11.8 Å². The largest absolute Gasteiger partial charge is 0.466 e. The minimum Gasteiger partial charge on any atom is -0.466 e. The molecule has 1 saturated heterocycles. The molecule has 2 aromatic rings. The number of nitrogens with zero attached hydrogens (tertiary/aromatic N) is 4. The summed E-state index contributed by atoms with van der Waals surface area (Å²) in [5.74, 6) is 0.654. The monoisotopic (exact) mass is 408 g/mol. The molecule has 6 nitrogen and oxygen atoms in total. The van der Waals surface area contributed by atoms with Gasteiger partial charge in [0.2, 0.25) is 0 Å². The summed E-state index contributed by atoms with van der Waals surface area (Å²) in [5, 5.41) is 5.45. The van der Waals surface area contributed by atoms with Gasteiger partial charge < -0.3 is 9.30 Å². The van der Waals surface area contributed by atoms with Crippen LogP contribution in [-0.4, -0.2) is 44.9 Å². The number of piperidine rings is 1. The topological polar surface area (TPSA) is 52.3 Å². The first kappa shape index (κ1) is 20.0. The fourth-order valence-electron chi connectivity index (χ4n) is 3.46. The standard InChI is InChI=1S/C19H25ClN4O2S/c1-3-23-17(14-7-9-16(20)10-8-14)21-24(19(23)27)13-22-11-5-6-15(12-22)18(25)26-4-2/h7-10,15H,3-6,11-13H2,1-2H3/t15-/m1/s1. The molecule has 0 N–H and O–H groups in total. The second kappa shape index (κ2) is 8.99. The lowest BCUT2D eigenvalue weighted by atomic mass is 9.99. The molecule has 0 spiro atoms. The zero-order chi connectivity index (χ0) is 19.4. The van der Waals surface area contributed by atoms with Crippen molar-refractivity contribution in [1.29, 1.82) is 0 Å². The van der Waals surface area contributed by atoms with E-state index in [0.29, 0.717) is 29.6 Å². The van der Waals surface area contributed by atoms with Crippen LogP contribution in [0.25, 0.3) is 11.4 Å². The van der Waals surface area contributed by atoms with Crippen LogP contribution in [0.2, 0.25) is 5.02 Å². The summed E-state index contributed by atoms with van der Waals surface area (Å²) in [7, 11) is 0. The smallest absolute Gasteiger partial charge is 0.310 e. The summed E-state index contributed by atoms with van der Waals surface area (Å²) in [6.45, 7) is 7.23. The van der Waals surface area contributed by atoms with Gasteiger partial charge in [0.05, 0.1) is 19.2 Å². The molecule has 3 rings (SSSR count). The van der Waals surface area contributed by atoms with Crippen LogP contribution in [0.4, 0.5) is 0 Å². The van der Waals surface area contributed by atoms with Gasteiger partial charge in [-0.15, -0.1) is 0 Å². The molecule has 0 aliphatic carbocycles. The predicted octanol–water partition coefficient (Wildman–Crippen LogP) is 3.99. The average Bonchev–Trinajstić information content (AvgIpc) is 2.98. The van der Waals surface area contributed by atoms with E-state index in [1.54, 1.807) is 0 Å². The normalized spacial score (nSPS) is 17.8. The highest BCUT2D eigenvalue weighted by Gasteiger charge is 2.27. The van der Waals surface area contributed by atoms with E-state index in [4.69, 9.17) is 33.7 Å². The number of hydrogen-bond donors (Lipinski definition) is 0. The molecule has 27 heavy (non-hydrogen) atoms. The lowest BCUT2D eigenvalue weighted by Crippen LogP contribution is -2.40. The third-order valence-corrected chi connectivity index (χ3v) is 5.48. The van der Waals surface area contributed by atoms with E-state index in [1.165, 1.54) is 0 Å². The Hall–Kier alpha value is -1.70. The van der Waals surface area contributed by atoms with Crippen LogP contribution >= 0.6 is 23.8 Å². The maximum atomic E-state index is 12.1. The fourth-order valence-corrected chi connectivity index (χ4v) is 3.90. The van der Waals surface area contributed by atoms with Crippen molar-refractivity contribution in [3.05, 3.63) is 34.1 Å². The molecule has 1 aromatic carbocycles. The zero-order valence-corrected chi connectivity index (χ0v) is 17.3. The van der Waals surface area contributed by atoms with Gasteiger partial charge in [0.15, 0.2) is 10.6 Å². The molecule has 8 heteroatoms. The first-order chi connectivity index (χ1) is 13.0. The van der Waals surface area contributed by atoms with Crippen molar-refractivity contribution in [2.75, 3.05) is 19.7 Å². The van der Waals surface area contributed by atoms with Gasteiger partial charge in [0, 0.05) is 23.7 Å². The van der Waals surface area contributed by atoms with Gasteiger partial charge in [-0.05, 0) is 69.7 Å². The van der Waals surface area contributed by atoms with Crippen LogP contribution in [0.1, 0.15) is 26.7 Å². The van der Waals surface area contributed by atoms with Crippen LogP contribution in [-0.2, 0) is 22.7 Å². The molecule has 0 radical (unpaired) electrons. The van der Waals surface area contributed by atoms with Gasteiger partial charge >= 0.3 is 5.97 Å². The van der Waals surface area contributed by atoms with Crippen molar-refractivity contribution < 1.29 is 9.53 Å². The van der Waals surface area contributed by atoms with Crippen molar-refractivity contribution in [2.45, 2.75) is 39.9 Å². The zero-order valence-electron chi connectivity index (χ0n) is 15.7. The SMILES string of the molecule is CCOC(=O)[C@@H]1CCCN(Cn2nc(-c3ccc(Cl)cc3)n(CC)c2=S)C1. The van der Waals surface area contributed by atoms with E-state index in [0.717, 1.165) is 37.3 Å². The number of benzene rings is 1. The fraction of sp³-hybridized carbons (Fsp3) is 0.526. The summed E-state index contributed by atoms with van der Waals surface area (Å²) < 4.78 is 9.73. The number of carbonyl (C=O) groups is 1. The molecular weight excluding hydrogens is 384 g/mol. The Morgan fingerprint density at radius 2 is 2.07 bits per heavy atom. The number of halogens is 1. The highest BCUT2D eigenvalue weighted by atomic mass is 35.5. The summed E-state index contributed by atoms with van der Waals surface area (Å²) >= 11 is 11.7. The molecule has 1 aliphatic rings. The number of likely N-dealkylation sites (tertiary alicyclic amines) is 1. The lowest BCUT2D eigenvalue weighted by molar-refractivity contribution is -0.150. The molecule has 2 heterocycles. The Bertz CT molecular complexity index is 846. The molecule has 1 fully saturated rings. The van der Waals surface area contributed by atoms with Crippen molar-refractivity contribution in [3.8, 4) is 11.4 Å². The second-order valence-corrected chi connectivity index (χ2v) is 7.47. The summed E-state index contributed by atoms with van der Waals surface area (Å²) in [6.07, 6.45) is 1.84. The lowest BCUT2D eigenvalue weighted by Gasteiger charge is -2.31. The summed E-state index contributed by atoms with van der Waals surface area (Å²) in [6, 6.07) is 7.61. The molecule has 1 aliphatic heterocycles. The van der Waals surface area contributed by atoms with Crippen LogP contribution in [0.5, 0.6) is 0 Å². The second-order valence-electron chi connectivity index (χ2n) is 6.67. The van der Waals surface area contributed by atoms with Crippen molar-refractivity contribution in [1.82, 2.24) is 19.2 Å². The van der Waals surface area contributed by atoms with Crippen LogP contribution in [0.15, 0.2) is 24.3 Å². The van der Waals surface area contributed by atoms with Gasteiger partial charge in [-0.25, -0.2) is 4.68 Å². The van der Waals surface area contributed by atoms with Crippen LogP contribution in [0, 0.1) is 10.7 Å². The van der Waals surface area contributed by atoms with Crippen LogP contribution < -0.4 is 0 Å². The number of esters is 1. The van der Waals surface area contributed by atoms with E-state index in [-0.39, 0.29) is 11.9 Å². The molecule has 146 valence electrons. The Labute approximate surface area is 169 Å². The Balaban J connectivity index is 1.80. The van der Waals surface area contributed by atoms with Crippen LogP contribution in [0.3, 0.4) is 0 Å². The van der Waals surface area contributed by atoms with Crippen molar-refractivity contribution >= 4 is 29.8 Å². The van der Waals surface area contributed by atoms with Gasteiger partial charge in [-0.1, -0.05) is 11.6 Å². The Morgan fingerprint density at radius 1 is 1.33 bits per heavy atom. The quantitative estimate of drug-likeness (QED) is 0.534. The maximum Gasteiger partial charge on any atom is 0.310 e. The highest BCUT2D eigenvalue weighted by molar-refractivity contribution is 7.71. The molecule has 0 amide bonds. The molecule has 1 aromatic heterocycles. The van der Waals surface area contributed by atoms with Crippen molar-refractivity contribution in [2.24, 2.45) is 5.92 Å². The van der Waals surface area contributed by atoms with Crippen molar-refractivity contribution in [3.63, 3.8) is 0 Å². The van der Waals surface area contributed by atoms with E-state index < -0.39 is 0 Å². The molecule has 1 atom stereocenters. The third kappa shape index (κ3) is 4.59.